The van der Waals surface area contributed by atoms with Gasteiger partial charge in [-0.3, -0.25) is 9.59 Å². The second kappa shape index (κ2) is 9.33. The van der Waals surface area contributed by atoms with Gasteiger partial charge >= 0.3 is 0 Å². The molecule has 7 atom stereocenters. The van der Waals surface area contributed by atoms with Crippen LogP contribution in [0.15, 0.2) is 48.0 Å². The number of Topliss-reactive ketones (excluding diaryl/α,β-unsaturated/α-hetero) is 2. The Morgan fingerprint density at radius 1 is 0.725 bits per heavy atom. The van der Waals surface area contributed by atoms with Gasteiger partial charge in [0, 0.05) is 29.6 Å². The van der Waals surface area contributed by atoms with Crippen LogP contribution in [0.5, 0.6) is 11.5 Å². The highest BCUT2D eigenvalue weighted by molar-refractivity contribution is 5.88. The number of hydrogen-bond donors (Lipinski definition) is 2. The van der Waals surface area contributed by atoms with Gasteiger partial charge in [-0.25, -0.2) is 0 Å². The predicted molar refractivity (Wildman–Crippen MR) is 155 cm³/mol. The quantitative estimate of drug-likeness (QED) is 0.340. The van der Waals surface area contributed by atoms with Crippen molar-refractivity contribution in [3.63, 3.8) is 0 Å². The van der Waals surface area contributed by atoms with E-state index in [0.717, 1.165) is 64.2 Å². The zero-order chi connectivity index (χ0) is 27.8. The second-order valence-electron chi connectivity index (χ2n) is 14.0. The minimum absolute atomic E-state index is 0.0322. The van der Waals surface area contributed by atoms with Crippen LogP contribution < -0.4 is 0 Å². The Bertz CT molecular complexity index is 1420. The average Bonchev–Trinajstić information content (AvgIpc) is 3.43. The number of ketones is 2. The normalized spacial score (nSPS) is 37.0. The molecule has 4 heteroatoms. The SMILES string of the molecule is C[C@]12CC[C@@H]3c4ccc(O)cc4CC[C@H]3[C@@H]1CCC2=O.C[C@]12CC[C@H]3C(=CCc4cc(O)ccc43)[C@@H]1CCC2=O. The number of carbonyl (C=O) groups is 2. The number of fused-ring (bicyclic) bond motifs is 10. The van der Waals surface area contributed by atoms with E-state index in [1.165, 1.54) is 34.2 Å². The second-order valence-corrected chi connectivity index (χ2v) is 14.0. The van der Waals surface area contributed by atoms with Crippen molar-refractivity contribution in [3.8, 4) is 11.5 Å². The first-order valence-corrected chi connectivity index (χ1v) is 15.6. The highest BCUT2D eigenvalue weighted by atomic mass is 16.3. The van der Waals surface area contributed by atoms with Crippen molar-refractivity contribution < 1.29 is 19.8 Å². The molecule has 2 aromatic carbocycles. The summed E-state index contributed by atoms with van der Waals surface area (Å²) in [6.45, 7) is 4.39. The lowest BCUT2D eigenvalue weighted by Gasteiger charge is -2.48. The Morgan fingerprint density at radius 3 is 2.20 bits per heavy atom. The molecule has 0 amide bonds. The van der Waals surface area contributed by atoms with Crippen LogP contribution in [-0.2, 0) is 22.4 Å². The van der Waals surface area contributed by atoms with Crippen LogP contribution in [0.25, 0.3) is 0 Å². The van der Waals surface area contributed by atoms with Gasteiger partial charge in [-0.05, 0) is 128 Å². The molecule has 0 aliphatic heterocycles. The van der Waals surface area contributed by atoms with E-state index in [2.05, 4.69) is 32.1 Å². The molecule has 0 heterocycles. The average molecular weight is 539 g/mol. The van der Waals surface area contributed by atoms with Crippen molar-refractivity contribution >= 4 is 11.6 Å². The smallest absolute Gasteiger partial charge is 0.139 e. The third kappa shape index (κ3) is 3.84. The van der Waals surface area contributed by atoms with Crippen molar-refractivity contribution in [1.82, 2.24) is 0 Å². The molecule has 6 aliphatic carbocycles. The molecule has 4 fully saturated rings. The third-order valence-corrected chi connectivity index (χ3v) is 12.3. The van der Waals surface area contributed by atoms with Crippen molar-refractivity contribution in [3.05, 3.63) is 70.3 Å². The third-order valence-electron chi connectivity index (χ3n) is 12.3. The first kappa shape index (κ1) is 26.0. The lowest BCUT2D eigenvalue weighted by Crippen LogP contribution is -2.42. The Kier molecular flexibility index (Phi) is 6.07. The fraction of sp³-hybridized carbons (Fsp3) is 0.556. The van der Waals surface area contributed by atoms with Gasteiger partial charge in [-0.15, -0.1) is 0 Å². The fourth-order valence-corrected chi connectivity index (χ4v) is 10.1. The molecule has 4 nitrogen and oxygen atoms in total. The number of phenolic OH excluding ortho intramolecular Hbond substituents is 2. The molecule has 0 bridgehead atoms. The Labute approximate surface area is 237 Å². The molecule has 0 saturated heterocycles. The van der Waals surface area contributed by atoms with Gasteiger partial charge in [0.25, 0.3) is 0 Å². The largest absolute Gasteiger partial charge is 0.508 e. The summed E-state index contributed by atoms with van der Waals surface area (Å²) in [5.41, 5.74) is 6.78. The van der Waals surface area contributed by atoms with Crippen LogP contribution in [0.4, 0.5) is 0 Å². The van der Waals surface area contributed by atoms with Gasteiger partial charge in [0.1, 0.15) is 23.1 Å². The number of carbonyl (C=O) groups excluding carboxylic acids is 2. The lowest BCUT2D eigenvalue weighted by atomic mass is 9.55. The van der Waals surface area contributed by atoms with Crippen LogP contribution in [0.3, 0.4) is 0 Å². The number of benzene rings is 2. The Balaban J connectivity index is 0.000000132. The molecular weight excluding hydrogens is 496 g/mol. The summed E-state index contributed by atoms with van der Waals surface area (Å²) in [6, 6.07) is 11.7. The molecular formula is C36H42O4. The summed E-state index contributed by atoms with van der Waals surface area (Å²) < 4.78 is 0. The zero-order valence-corrected chi connectivity index (χ0v) is 23.9. The van der Waals surface area contributed by atoms with E-state index in [0.29, 0.717) is 52.7 Å². The molecule has 6 aliphatic rings. The number of phenols is 2. The Hall–Kier alpha value is -2.88. The molecule has 2 N–H and O–H groups in total. The van der Waals surface area contributed by atoms with Crippen molar-refractivity contribution in [2.45, 2.75) is 96.3 Å². The van der Waals surface area contributed by atoms with Crippen LogP contribution in [-0.4, -0.2) is 21.8 Å². The summed E-state index contributed by atoms with van der Waals surface area (Å²) in [6.07, 6.45) is 13.5. The van der Waals surface area contributed by atoms with E-state index >= 15 is 0 Å². The standard InChI is InChI=1S/C18H22O2.C18H20O2/c2*1-18-9-8-14-13-5-3-12(19)10-11(13)2-4-15(14)16(18)6-7-17(18)20/h3,5,10,14-16,19H,2,4,6-9H2,1H3;3-5,10,14,16,19H,2,6-9H2,1H3/t14-,15-,16+,18+;14-,16+,18+/m11/s1. The van der Waals surface area contributed by atoms with E-state index < -0.39 is 0 Å². The first-order valence-electron chi connectivity index (χ1n) is 15.6. The monoisotopic (exact) mass is 538 g/mol. The minimum Gasteiger partial charge on any atom is -0.508 e. The van der Waals surface area contributed by atoms with Crippen LogP contribution in [0.1, 0.15) is 106 Å². The molecule has 8 rings (SSSR count). The highest BCUT2D eigenvalue weighted by Crippen LogP contribution is 2.60. The van der Waals surface area contributed by atoms with Crippen molar-refractivity contribution in [2.75, 3.05) is 0 Å². The molecule has 0 radical (unpaired) electrons. The van der Waals surface area contributed by atoms with Crippen molar-refractivity contribution in [2.24, 2.45) is 28.6 Å². The van der Waals surface area contributed by atoms with E-state index in [1.807, 2.05) is 18.2 Å². The summed E-state index contributed by atoms with van der Waals surface area (Å²) in [5, 5.41) is 19.3. The summed E-state index contributed by atoms with van der Waals surface area (Å²) >= 11 is 0. The minimum atomic E-state index is -0.100. The van der Waals surface area contributed by atoms with Gasteiger partial charge in [0.05, 0.1) is 0 Å². The topological polar surface area (TPSA) is 74.6 Å². The van der Waals surface area contributed by atoms with Gasteiger partial charge in [-0.1, -0.05) is 37.6 Å². The molecule has 4 saturated carbocycles. The predicted octanol–water partition coefficient (Wildman–Crippen LogP) is 7.55. The fourth-order valence-electron chi connectivity index (χ4n) is 10.1. The first-order chi connectivity index (χ1) is 19.2. The molecule has 2 aromatic rings. The van der Waals surface area contributed by atoms with E-state index in [9.17, 15) is 19.8 Å². The summed E-state index contributed by atoms with van der Waals surface area (Å²) in [4.78, 5) is 24.5. The van der Waals surface area contributed by atoms with Gasteiger partial charge in [0.15, 0.2) is 0 Å². The van der Waals surface area contributed by atoms with Crippen LogP contribution >= 0.6 is 0 Å². The maximum atomic E-state index is 12.3. The number of allylic oxidation sites excluding steroid dienone is 2. The van der Waals surface area contributed by atoms with Gasteiger partial charge in [0.2, 0.25) is 0 Å². The van der Waals surface area contributed by atoms with E-state index in [-0.39, 0.29) is 10.8 Å². The molecule has 40 heavy (non-hydrogen) atoms. The van der Waals surface area contributed by atoms with E-state index in [4.69, 9.17) is 0 Å². The maximum Gasteiger partial charge on any atom is 0.139 e. The van der Waals surface area contributed by atoms with Crippen LogP contribution in [0.2, 0.25) is 0 Å². The van der Waals surface area contributed by atoms with E-state index in [1.54, 1.807) is 6.07 Å². The molecule has 0 spiro atoms. The Morgan fingerprint density at radius 2 is 1.40 bits per heavy atom. The molecule has 210 valence electrons. The highest BCUT2D eigenvalue weighted by Gasteiger charge is 2.55. The lowest BCUT2D eigenvalue weighted by molar-refractivity contribution is -0.129. The van der Waals surface area contributed by atoms with Crippen molar-refractivity contribution in [1.29, 1.82) is 0 Å². The summed E-state index contributed by atoms with van der Waals surface area (Å²) in [5.74, 6) is 4.54. The van der Waals surface area contributed by atoms with Gasteiger partial charge < -0.3 is 10.2 Å². The number of rotatable bonds is 0. The number of aryl methyl sites for hydroxylation is 1. The molecule has 0 unspecified atom stereocenters. The maximum absolute atomic E-state index is 12.3. The molecule has 0 aromatic heterocycles. The summed E-state index contributed by atoms with van der Waals surface area (Å²) in [7, 11) is 0. The van der Waals surface area contributed by atoms with Gasteiger partial charge in [-0.2, -0.15) is 0 Å². The van der Waals surface area contributed by atoms with Crippen LogP contribution in [0, 0.1) is 28.6 Å². The number of hydrogen-bond acceptors (Lipinski definition) is 4. The number of aromatic hydroxyl groups is 2. The zero-order valence-electron chi connectivity index (χ0n) is 23.9.